The molecule has 1 aromatic heterocycles. The molecule has 2 atom stereocenters. The van der Waals surface area contributed by atoms with E-state index in [9.17, 15) is 9.90 Å². The Morgan fingerprint density at radius 1 is 1.61 bits per heavy atom. The van der Waals surface area contributed by atoms with Crippen molar-refractivity contribution < 1.29 is 9.90 Å². The third-order valence-corrected chi connectivity index (χ3v) is 4.70. The molecule has 1 saturated carbocycles. The van der Waals surface area contributed by atoms with Gasteiger partial charge in [-0.15, -0.1) is 11.3 Å². The second-order valence-electron chi connectivity index (χ2n) is 5.44. The molecule has 2 rings (SSSR count). The molecule has 3 N–H and O–H groups in total. The van der Waals surface area contributed by atoms with Crippen LogP contribution in [0.25, 0.3) is 0 Å². The van der Waals surface area contributed by atoms with Crippen LogP contribution < -0.4 is 10.6 Å². The van der Waals surface area contributed by atoms with Crippen molar-refractivity contribution >= 4 is 22.9 Å². The molecular weight excluding hydrogens is 248 g/mol. The topological polar surface area (TPSA) is 61.4 Å². The molecule has 1 aliphatic rings. The van der Waals surface area contributed by atoms with Gasteiger partial charge in [-0.3, -0.25) is 4.79 Å². The predicted octanol–water partition coefficient (Wildman–Crippen LogP) is 1.96. The minimum atomic E-state index is -0.215. The van der Waals surface area contributed by atoms with Gasteiger partial charge >= 0.3 is 0 Å². The van der Waals surface area contributed by atoms with Gasteiger partial charge < -0.3 is 15.7 Å². The van der Waals surface area contributed by atoms with Crippen LogP contribution in [0.1, 0.15) is 32.1 Å². The molecule has 2 unspecified atom stereocenters. The number of rotatable bonds is 4. The molecule has 0 aliphatic heterocycles. The van der Waals surface area contributed by atoms with Crippen LogP contribution in [0.4, 0.5) is 5.69 Å². The molecule has 5 heteroatoms. The Hall–Kier alpha value is -0.910. The zero-order valence-corrected chi connectivity index (χ0v) is 11.8. The van der Waals surface area contributed by atoms with Crippen molar-refractivity contribution in [2.75, 3.05) is 5.32 Å². The summed E-state index contributed by atoms with van der Waals surface area (Å²) >= 11 is 1.63. The average molecular weight is 268 g/mol. The zero-order chi connectivity index (χ0) is 13.3. The van der Waals surface area contributed by atoms with E-state index in [1.165, 1.54) is 6.92 Å². The normalized spacial score (nSPS) is 25.6. The van der Waals surface area contributed by atoms with Crippen LogP contribution in [0.3, 0.4) is 0 Å². The number of amides is 1. The summed E-state index contributed by atoms with van der Waals surface area (Å²) in [6.45, 7) is 6.39. The largest absolute Gasteiger partial charge is 0.392 e. The lowest BCUT2D eigenvalue weighted by molar-refractivity contribution is -0.114. The van der Waals surface area contributed by atoms with Gasteiger partial charge in [0.1, 0.15) is 0 Å². The Balaban J connectivity index is 1.91. The van der Waals surface area contributed by atoms with E-state index in [0.717, 1.165) is 23.5 Å². The van der Waals surface area contributed by atoms with E-state index in [0.29, 0.717) is 6.04 Å². The van der Waals surface area contributed by atoms with Gasteiger partial charge in [-0.25, -0.2) is 0 Å². The van der Waals surface area contributed by atoms with Crippen LogP contribution in [0, 0.1) is 5.41 Å². The van der Waals surface area contributed by atoms with Gasteiger partial charge in [0.05, 0.1) is 11.8 Å². The summed E-state index contributed by atoms with van der Waals surface area (Å²) < 4.78 is 0. The Morgan fingerprint density at radius 3 is 2.89 bits per heavy atom. The Morgan fingerprint density at radius 2 is 2.33 bits per heavy atom. The molecule has 1 fully saturated rings. The average Bonchev–Trinajstić information content (AvgIpc) is 2.70. The summed E-state index contributed by atoms with van der Waals surface area (Å²) in [5, 5.41) is 17.9. The third-order valence-electron chi connectivity index (χ3n) is 3.78. The van der Waals surface area contributed by atoms with E-state index >= 15 is 0 Å². The van der Waals surface area contributed by atoms with E-state index in [-0.39, 0.29) is 17.4 Å². The number of carbonyl (C=O) groups is 1. The van der Waals surface area contributed by atoms with Crippen LogP contribution in [-0.4, -0.2) is 23.2 Å². The Labute approximate surface area is 111 Å². The van der Waals surface area contributed by atoms with E-state index in [1.807, 2.05) is 11.4 Å². The van der Waals surface area contributed by atoms with E-state index in [4.69, 9.17) is 0 Å². The summed E-state index contributed by atoms with van der Waals surface area (Å²) in [5.41, 5.74) is 0.823. The van der Waals surface area contributed by atoms with Crippen molar-refractivity contribution in [3.8, 4) is 0 Å². The van der Waals surface area contributed by atoms with Crippen molar-refractivity contribution in [1.29, 1.82) is 0 Å². The second kappa shape index (κ2) is 4.99. The number of aliphatic hydroxyl groups excluding tert-OH is 1. The van der Waals surface area contributed by atoms with Gasteiger partial charge in [0.15, 0.2) is 0 Å². The van der Waals surface area contributed by atoms with Crippen LogP contribution in [-0.2, 0) is 11.3 Å². The van der Waals surface area contributed by atoms with Crippen LogP contribution in [0.5, 0.6) is 0 Å². The van der Waals surface area contributed by atoms with Gasteiger partial charge in [0, 0.05) is 29.8 Å². The third kappa shape index (κ3) is 2.58. The van der Waals surface area contributed by atoms with Crippen molar-refractivity contribution in [3.63, 3.8) is 0 Å². The first-order chi connectivity index (χ1) is 8.41. The number of nitrogens with one attached hydrogen (secondary N) is 2. The van der Waals surface area contributed by atoms with E-state index in [1.54, 1.807) is 11.3 Å². The first-order valence-corrected chi connectivity index (χ1v) is 7.04. The van der Waals surface area contributed by atoms with Crippen LogP contribution in [0.2, 0.25) is 0 Å². The van der Waals surface area contributed by atoms with Gasteiger partial charge in [0.2, 0.25) is 5.91 Å². The number of aliphatic hydroxyl groups is 1. The maximum Gasteiger partial charge on any atom is 0.221 e. The quantitative estimate of drug-likeness (QED) is 0.782. The van der Waals surface area contributed by atoms with Crippen molar-refractivity contribution in [3.05, 3.63) is 16.3 Å². The van der Waals surface area contributed by atoms with Crippen LogP contribution >= 0.6 is 11.3 Å². The molecule has 0 bridgehead atoms. The lowest BCUT2D eigenvalue weighted by atomic mass is 9.64. The summed E-state index contributed by atoms with van der Waals surface area (Å²) in [6, 6.07) is 2.25. The monoisotopic (exact) mass is 268 g/mol. The summed E-state index contributed by atoms with van der Waals surface area (Å²) in [7, 11) is 0. The molecule has 0 spiro atoms. The first-order valence-electron chi connectivity index (χ1n) is 6.16. The van der Waals surface area contributed by atoms with Gasteiger partial charge in [0.25, 0.3) is 0 Å². The highest BCUT2D eigenvalue weighted by atomic mass is 32.1. The van der Waals surface area contributed by atoms with Crippen molar-refractivity contribution in [1.82, 2.24) is 5.32 Å². The van der Waals surface area contributed by atoms with E-state index < -0.39 is 0 Å². The molecule has 4 nitrogen and oxygen atoms in total. The molecule has 1 aliphatic carbocycles. The Kier molecular flexibility index (Phi) is 3.75. The summed E-state index contributed by atoms with van der Waals surface area (Å²) in [5.74, 6) is -0.0472. The SMILES string of the molecule is CC(=O)Nc1ccsc1CNC1CC(O)C1(C)C. The number of hydrogen-bond donors (Lipinski definition) is 3. The molecule has 0 radical (unpaired) electrons. The maximum absolute atomic E-state index is 11.1. The van der Waals surface area contributed by atoms with Gasteiger partial charge in [-0.1, -0.05) is 13.8 Å². The molecule has 1 aromatic rings. The fourth-order valence-corrected chi connectivity index (χ4v) is 3.02. The lowest BCUT2D eigenvalue weighted by Gasteiger charge is -2.49. The Bertz CT molecular complexity index is 442. The number of hydrogen-bond acceptors (Lipinski definition) is 4. The van der Waals surface area contributed by atoms with Gasteiger partial charge in [-0.05, 0) is 17.9 Å². The molecule has 0 aromatic carbocycles. The highest BCUT2D eigenvalue weighted by Gasteiger charge is 2.46. The van der Waals surface area contributed by atoms with Gasteiger partial charge in [-0.2, -0.15) is 0 Å². The maximum atomic E-state index is 11.1. The number of carbonyl (C=O) groups excluding carboxylic acids is 1. The number of thiophene rings is 1. The second-order valence-corrected chi connectivity index (χ2v) is 6.45. The van der Waals surface area contributed by atoms with Crippen LogP contribution in [0.15, 0.2) is 11.4 Å². The van der Waals surface area contributed by atoms with E-state index in [2.05, 4.69) is 24.5 Å². The summed E-state index contributed by atoms with van der Waals surface area (Å²) in [6.07, 6.45) is 0.585. The van der Waals surface area contributed by atoms with Crippen molar-refractivity contribution in [2.45, 2.75) is 45.9 Å². The fraction of sp³-hybridized carbons (Fsp3) is 0.615. The summed E-state index contributed by atoms with van der Waals surface area (Å²) in [4.78, 5) is 12.2. The lowest BCUT2D eigenvalue weighted by Crippen LogP contribution is -2.59. The fourth-order valence-electron chi connectivity index (χ4n) is 2.24. The minimum absolute atomic E-state index is 0.0472. The highest BCUT2D eigenvalue weighted by Crippen LogP contribution is 2.40. The number of anilines is 1. The molecule has 18 heavy (non-hydrogen) atoms. The molecule has 1 amide bonds. The van der Waals surface area contributed by atoms with Crippen molar-refractivity contribution in [2.24, 2.45) is 5.41 Å². The highest BCUT2D eigenvalue weighted by molar-refractivity contribution is 7.10. The smallest absolute Gasteiger partial charge is 0.221 e. The standard InChI is InChI=1S/C13H20N2O2S/c1-8(16)15-9-4-5-18-10(9)7-14-11-6-12(17)13(11,2)3/h4-5,11-12,14,17H,6-7H2,1-3H3,(H,15,16). The predicted molar refractivity (Wildman–Crippen MR) is 73.7 cm³/mol. The first kappa shape index (κ1) is 13.5. The zero-order valence-electron chi connectivity index (χ0n) is 11.0. The molecular formula is C13H20N2O2S. The minimum Gasteiger partial charge on any atom is -0.392 e. The molecule has 0 saturated heterocycles. The molecule has 1 heterocycles. The molecule has 100 valence electrons.